The zero-order valence-electron chi connectivity index (χ0n) is 18.4. The maximum atomic E-state index is 14.0. The highest BCUT2D eigenvalue weighted by Gasteiger charge is 2.16. The van der Waals surface area contributed by atoms with Crippen molar-refractivity contribution in [2.45, 2.75) is 12.8 Å². The van der Waals surface area contributed by atoms with E-state index in [9.17, 15) is 14.0 Å². The van der Waals surface area contributed by atoms with Crippen molar-refractivity contribution in [3.05, 3.63) is 77.1 Å². The highest BCUT2D eigenvalue weighted by atomic mass is 32.1. The molecule has 0 aliphatic heterocycles. The van der Waals surface area contributed by atoms with Gasteiger partial charge in [0.15, 0.2) is 23.1 Å². The molecule has 4 rings (SSSR count). The highest BCUT2D eigenvalue weighted by Crippen LogP contribution is 2.34. The second-order valence-electron chi connectivity index (χ2n) is 7.46. The van der Waals surface area contributed by atoms with Gasteiger partial charge in [0, 0.05) is 34.7 Å². The third kappa shape index (κ3) is 4.98. The Labute approximate surface area is 199 Å². The number of rotatable bonds is 10. The lowest BCUT2D eigenvalue weighted by atomic mass is 10.0. The summed E-state index contributed by atoms with van der Waals surface area (Å²) < 4.78 is 25.2. The molecule has 0 aliphatic rings. The van der Waals surface area contributed by atoms with Gasteiger partial charge in [-0.25, -0.2) is 9.37 Å². The van der Waals surface area contributed by atoms with Crippen LogP contribution in [0, 0.1) is 5.82 Å². The first-order valence-corrected chi connectivity index (χ1v) is 11.5. The van der Waals surface area contributed by atoms with Gasteiger partial charge in [-0.2, -0.15) is 0 Å². The number of Topliss-reactive ketones (excluding diaryl/α,β-unsaturated/α-hetero) is 2. The number of benzene rings is 2. The summed E-state index contributed by atoms with van der Waals surface area (Å²) in [4.78, 5) is 29.9. The van der Waals surface area contributed by atoms with Crippen LogP contribution in [0.15, 0.2) is 60.0 Å². The van der Waals surface area contributed by atoms with Gasteiger partial charge < -0.3 is 14.6 Å². The van der Waals surface area contributed by atoms with Crippen LogP contribution in [0.2, 0.25) is 0 Å². The number of halogens is 1. The number of carbonyl (C=O) groups excluding carboxylic acids is 2. The molecule has 0 unspecified atom stereocenters. The molecule has 2 aromatic carbocycles. The average Bonchev–Trinajstić information content (AvgIpc) is 3.31. The molecule has 0 saturated heterocycles. The van der Waals surface area contributed by atoms with E-state index < -0.39 is 0 Å². The number of aromatic nitrogens is 1. The Kier molecular flexibility index (Phi) is 7.30. The lowest BCUT2D eigenvalue weighted by Gasteiger charge is -2.11. The molecule has 6 nitrogen and oxygen atoms in total. The molecule has 0 aliphatic carbocycles. The second-order valence-corrected chi connectivity index (χ2v) is 8.34. The monoisotopic (exact) mass is 479 g/mol. The average molecular weight is 480 g/mol. The fourth-order valence-electron chi connectivity index (χ4n) is 3.58. The number of ether oxygens (including phenoxy) is 2. The lowest BCUT2D eigenvalue weighted by molar-refractivity contribution is 0.0915. The van der Waals surface area contributed by atoms with Crippen molar-refractivity contribution in [3.63, 3.8) is 0 Å². The quantitative estimate of drug-likeness (QED) is 0.310. The molecular formula is C26H22FNO5S. The number of ketones is 2. The molecular weight excluding hydrogens is 457 g/mol. The molecule has 8 heteroatoms. The van der Waals surface area contributed by atoms with Crippen LogP contribution < -0.4 is 9.47 Å². The van der Waals surface area contributed by atoms with Crippen molar-refractivity contribution in [2.75, 3.05) is 20.3 Å². The van der Waals surface area contributed by atoms with Crippen LogP contribution in [-0.4, -0.2) is 42.0 Å². The molecule has 2 heterocycles. The van der Waals surface area contributed by atoms with Crippen molar-refractivity contribution in [2.24, 2.45) is 0 Å². The van der Waals surface area contributed by atoms with E-state index in [1.54, 1.807) is 42.5 Å². The maximum Gasteiger partial charge on any atom is 0.181 e. The second kappa shape index (κ2) is 10.5. The van der Waals surface area contributed by atoms with Crippen LogP contribution in [0.3, 0.4) is 0 Å². The number of pyridine rings is 1. The standard InChI is InChI=1S/C26H22FNO5S/c1-32-25-14-16(8-11-24(25)33-13-12-29)22(30)9-10-23(31)21-7-3-6-20(28-21)18-15-34-26-17(18)4-2-5-19(26)27/h2-8,11,14-15,29H,9-10,12-13H2,1H3. The Morgan fingerprint density at radius 2 is 1.82 bits per heavy atom. The van der Waals surface area contributed by atoms with Crippen LogP contribution in [0.5, 0.6) is 11.5 Å². The van der Waals surface area contributed by atoms with Crippen molar-refractivity contribution < 1.29 is 28.6 Å². The molecule has 0 amide bonds. The predicted octanol–water partition coefficient (Wildman–Crippen LogP) is 5.33. The van der Waals surface area contributed by atoms with E-state index in [2.05, 4.69) is 4.98 Å². The van der Waals surface area contributed by atoms with Gasteiger partial charge in [-0.3, -0.25) is 9.59 Å². The topological polar surface area (TPSA) is 85.7 Å². The van der Waals surface area contributed by atoms with E-state index in [0.717, 1.165) is 10.9 Å². The van der Waals surface area contributed by atoms with Gasteiger partial charge in [0.25, 0.3) is 0 Å². The third-order valence-electron chi connectivity index (χ3n) is 5.28. The predicted molar refractivity (Wildman–Crippen MR) is 128 cm³/mol. The van der Waals surface area contributed by atoms with Crippen molar-refractivity contribution in [1.29, 1.82) is 0 Å². The zero-order chi connectivity index (χ0) is 24.1. The fraction of sp³-hybridized carbons (Fsp3) is 0.192. The molecule has 0 saturated carbocycles. The number of thiophene rings is 1. The third-order valence-corrected chi connectivity index (χ3v) is 6.28. The molecule has 34 heavy (non-hydrogen) atoms. The van der Waals surface area contributed by atoms with Gasteiger partial charge in [0.1, 0.15) is 18.1 Å². The Balaban J connectivity index is 1.46. The van der Waals surface area contributed by atoms with Crippen LogP contribution >= 0.6 is 11.3 Å². The molecule has 0 bridgehead atoms. The lowest BCUT2D eigenvalue weighted by Crippen LogP contribution is -2.08. The van der Waals surface area contributed by atoms with Crippen LogP contribution in [-0.2, 0) is 0 Å². The first-order chi connectivity index (χ1) is 16.5. The molecule has 0 fully saturated rings. The normalized spacial score (nSPS) is 10.9. The number of hydrogen-bond acceptors (Lipinski definition) is 7. The van der Waals surface area contributed by atoms with Crippen LogP contribution in [0.4, 0.5) is 4.39 Å². The number of hydrogen-bond donors (Lipinski definition) is 1. The van der Waals surface area contributed by atoms with E-state index >= 15 is 0 Å². The number of aliphatic hydroxyl groups excluding tert-OH is 1. The van der Waals surface area contributed by atoms with E-state index in [0.29, 0.717) is 27.5 Å². The molecule has 0 spiro atoms. The summed E-state index contributed by atoms with van der Waals surface area (Å²) in [5.74, 6) is 0.0427. The Morgan fingerprint density at radius 3 is 2.62 bits per heavy atom. The molecule has 1 N–H and O–H groups in total. The first-order valence-electron chi connectivity index (χ1n) is 10.6. The van der Waals surface area contributed by atoms with E-state index in [-0.39, 0.29) is 49.1 Å². The van der Waals surface area contributed by atoms with Crippen molar-refractivity contribution in [1.82, 2.24) is 4.98 Å². The van der Waals surface area contributed by atoms with Crippen LogP contribution in [0.1, 0.15) is 33.7 Å². The smallest absolute Gasteiger partial charge is 0.181 e. The minimum absolute atomic E-state index is 0.000616. The van der Waals surface area contributed by atoms with Gasteiger partial charge in [-0.05, 0) is 36.4 Å². The number of aliphatic hydroxyl groups is 1. The zero-order valence-corrected chi connectivity index (χ0v) is 19.2. The molecule has 0 atom stereocenters. The van der Waals surface area contributed by atoms with Gasteiger partial charge >= 0.3 is 0 Å². The fourth-order valence-corrected chi connectivity index (χ4v) is 4.54. The minimum atomic E-state index is -0.288. The Bertz CT molecular complexity index is 1350. The molecule has 0 radical (unpaired) electrons. The van der Waals surface area contributed by atoms with Crippen molar-refractivity contribution in [3.8, 4) is 22.8 Å². The molecule has 2 aromatic heterocycles. The van der Waals surface area contributed by atoms with Gasteiger partial charge in [0.2, 0.25) is 0 Å². The number of carbonyl (C=O) groups is 2. The summed E-state index contributed by atoms with van der Waals surface area (Å²) in [6, 6.07) is 14.8. The summed E-state index contributed by atoms with van der Waals surface area (Å²) in [6.45, 7) is -0.0267. The largest absolute Gasteiger partial charge is 0.493 e. The first kappa shape index (κ1) is 23.5. The maximum absolute atomic E-state index is 14.0. The number of fused-ring (bicyclic) bond motifs is 1. The van der Waals surface area contributed by atoms with Crippen molar-refractivity contribution >= 4 is 33.0 Å². The minimum Gasteiger partial charge on any atom is -0.493 e. The molecule has 4 aromatic rings. The summed E-state index contributed by atoms with van der Waals surface area (Å²) in [7, 11) is 1.46. The Morgan fingerprint density at radius 1 is 1.03 bits per heavy atom. The van der Waals surface area contributed by atoms with E-state index in [4.69, 9.17) is 14.6 Å². The molecule has 174 valence electrons. The summed E-state index contributed by atoms with van der Waals surface area (Å²) in [5, 5.41) is 11.5. The SMILES string of the molecule is COc1cc(C(=O)CCC(=O)c2cccc(-c3csc4c(F)cccc34)n2)ccc1OCCO. The van der Waals surface area contributed by atoms with Gasteiger partial charge in [-0.1, -0.05) is 18.2 Å². The number of nitrogens with zero attached hydrogens (tertiary/aromatic N) is 1. The summed E-state index contributed by atoms with van der Waals surface area (Å²) in [6.07, 6.45) is 0.0106. The summed E-state index contributed by atoms with van der Waals surface area (Å²) in [5.41, 5.74) is 2.00. The van der Waals surface area contributed by atoms with Gasteiger partial charge in [-0.15, -0.1) is 11.3 Å². The van der Waals surface area contributed by atoms with Gasteiger partial charge in [0.05, 0.1) is 24.1 Å². The van der Waals surface area contributed by atoms with E-state index in [1.807, 2.05) is 11.4 Å². The number of methoxy groups -OCH3 is 1. The highest BCUT2D eigenvalue weighted by molar-refractivity contribution is 7.17. The van der Waals surface area contributed by atoms with E-state index in [1.165, 1.54) is 24.5 Å². The Hall–Kier alpha value is -3.62. The van der Waals surface area contributed by atoms with Crippen LogP contribution in [0.25, 0.3) is 21.3 Å². The summed E-state index contributed by atoms with van der Waals surface area (Å²) >= 11 is 1.29.